The molecule has 0 radical (unpaired) electrons. The molecule has 1 N–H and O–H groups in total. The third-order valence-corrected chi connectivity index (χ3v) is 4.65. The molecule has 0 aliphatic rings. The first-order valence-electron chi connectivity index (χ1n) is 10.1. The third-order valence-electron chi connectivity index (χ3n) is 4.65. The van der Waals surface area contributed by atoms with Gasteiger partial charge in [0.05, 0.1) is 6.61 Å². The standard InChI is InChI=1S/C26H26O5/c1-3-26(28)31-17-16-30-25-18-23(12-13-24(25)29-15-14-27)22-10-8-21(9-11-22)20-6-4-19(2)5-7-20/h3-13,18,27H,1,14-17H2,2H3. The van der Waals surface area contributed by atoms with Crippen LogP contribution in [0.5, 0.6) is 11.5 Å². The molecule has 0 aromatic heterocycles. The molecule has 0 fully saturated rings. The van der Waals surface area contributed by atoms with Gasteiger partial charge in [0.15, 0.2) is 11.5 Å². The van der Waals surface area contributed by atoms with E-state index in [4.69, 9.17) is 19.3 Å². The Morgan fingerprint density at radius 2 is 1.35 bits per heavy atom. The number of aliphatic hydroxyl groups is 1. The number of carbonyl (C=O) groups is 1. The van der Waals surface area contributed by atoms with Gasteiger partial charge in [0, 0.05) is 6.08 Å². The van der Waals surface area contributed by atoms with Gasteiger partial charge in [-0.25, -0.2) is 4.79 Å². The molecule has 0 aliphatic heterocycles. The quantitative estimate of drug-likeness (QED) is 0.291. The minimum absolute atomic E-state index is 0.0970. The van der Waals surface area contributed by atoms with Crippen molar-refractivity contribution >= 4 is 5.97 Å². The first-order valence-corrected chi connectivity index (χ1v) is 10.1. The summed E-state index contributed by atoms with van der Waals surface area (Å²) in [5, 5.41) is 9.06. The zero-order valence-electron chi connectivity index (χ0n) is 17.5. The largest absolute Gasteiger partial charge is 0.487 e. The minimum atomic E-state index is -0.497. The topological polar surface area (TPSA) is 65.0 Å². The Balaban J connectivity index is 1.77. The Hall–Kier alpha value is -3.57. The lowest BCUT2D eigenvalue weighted by atomic mass is 9.99. The summed E-state index contributed by atoms with van der Waals surface area (Å²) in [6, 6.07) is 22.4. The van der Waals surface area contributed by atoms with Crippen LogP contribution in [0, 0.1) is 6.92 Å². The van der Waals surface area contributed by atoms with Gasteiger partial charge < -0.3 is 19.3 Å². The number of ether oxygens (including phenoxy) is 3. The van der Waals surface area contributed by atoms with E-state index in [1.54, 1.807) is 0 Å². The molecule has 0 aliphatic carbocycles. The normalized spacial score (nSPS) is 10.4. The molecule has 160 valence electrons. The van der Waals surface area contributed by atoms with Gasteiger partial charge in [0.1, 0.15) is 19.8 Å². The molecule has 0 heterocycles. The van der Waals surface area contributed by atoms with Gasteiger partial charge in [-0.05, 0) is 41.3 Å². The number of hydrogen-bond donors (Lipinski definition) is 1. The maximum absolute atomic E-state index is 11.2. The predicted molar refractivity (Wildman–Crippen MR) is 121 cm³/mol. The van der Waals surface area contributed by atoms with Gasteiger partial charge in [-0.3, -0.25) is 0 Å². The van der Waals surface area contributed by atoms with Crippen molar-refractivity contribution in [1.82, 2.24) is 0 Å². The van der Waals surface area contributed by atoms with E-state index in [0.717, 1.165) is 22.8 Å². The molecule has 31 heavy (non-hydrogen) atoms. The van der Waals surface area contributed by atoms with Crippen LogP contribution >= 0.6 is 0 Å². The lowest BCUT2D eigenvalue weighted by Gasteiger charge is -2.14. The van der Waals surface area contributed by atoms with E-state index in [1.165, 1.54) is 11.1 Å². The van der Waals surface area contributed by atoms with E-state index in [2.05, 4.69) is 62.0 Å². The van der Waals surface area contributed by atoms with Crippen LogP contribution in [-0.2, 0) is 9.53 Å². The van der Waals surface area contributed by atoms with E-state index in [9.17, 15) is 4.79 Å². The van der Waals surface area contributed by atoms with E-state index >= 15 is 0 Å². The van der Waals surface area contributed by atoms with Crippen molar-refractivity contribution < 1.29 is 24.1 Å². The fraction of sp³-hybridized carbons (Fsp3) is 0.192. The van der Waals surface area contributed by atoms with Gasteiger partial charge in [0.25, 0.3) is 0 Å². The number of hydrogen-bond acceptors (Lipinski definition) is 5. The van der Waals surface area contributed by atoms with Crippen LogP contribution in [0.1, 0.15) is 5.56 Å². The van der Waals surface area contributed by atoms with Crippen LogP contribution in [0.3, 0.4) is 0 Å². The zero-order valence-corrected chi connectivity index (χ0v) is 17.5. The van der Waals surface area contributed by atoms with Crippen LogP contribution < -0.4 is 9.47 Å². The fourth-order valence-electron chi connectivity index (χ4n) is 3.03. The summed E-state index contributed by atoms with van der Waals surface area (Å²) in [6.45, 7) is 5.76. The average Bonchev–Trinajstić information content (AvgIpc) is 2.81. The van der Waals surface area contributed by atoms with Crippen LogP contribution in [0.15, 0.2) is 79.4 Å². The maximum atomic E-state index is 11.2. The molecule has 0 bridgehead atoms. The van der Waals surface area contributed by atoms with Gasteiger partial charge in [0.2, 0.25) is 0 Å². The molecule has 3 aromatic rings. The molecule has 3 aromatic carbocycles. The van der Waals surface area contributed by atoms with Gasteiger partial charge in [-0.2, -0.15) is 0 Å². The SMILES string of the molecule is C=CC(=O)OCCOc1cc(-c2ccc(-c3ccc(C)cc3)cc2)ccc1OCCO. The lowest BCUT2D eigenvalue weighted by molar-refractivity contribution is -0.138. The summed E-state index contributed by atoms with van der Waals surface area (Å²) in [5.74, 6) is 0.537. The monoisotopic (exact) mass is 418 g/mol. The lowest BCUT2D eigenvalue weighted by Crippen LogP contribution is -2.11. The van der Waals surface area contributed by atoms with Gasteiger partial charge in [-0.15, -0.1) is 0 Å². The smallest absolute Gasteiger partial charge is 0.330 e. The first-order chi connectivity index (χ1) is 15.1. The Kier molecular flexibility index (Phi) is 7.85. The Labute approximate surface area is 182 Å². The summed E-state index contributed by atoms with van der Waals surface area (Å²) < 4.78 is 16.3. The second-order valence-corrected chi connectivity index (χ2v) is 6.90. The molecule has 5 heteroatoms. The molecule has 3 rings (SSSR count). The summed E-state index contributed by atoms with van der Waals surface area (Å²) in [5.41, 5.74) is 5.54. The van der Waals surface area contributed by atoms with Crippen molar-refractivity contribution in [2.24, 2.45) is 0 Å². The number of aliphatic hydroxyl groups excluding tert-OH is 1. The van der Waals surface area contributed by atoms with Gasteiger partial charge in [-0.1, -0.05) is 66.7 Å². The van der Waals surface area contributed by atoms with Crippen molar-refractivity contribution in [3.8, 4) is 33.8 Å². The summed E-state index contributed by atoms with van der Waals surface area (Å²) in [7, 11) is 0. The molecule has 0 atom stereocenters. The number of aryl methyl sites for hydroxylation is 1. The molecule has 5 nitrogen and oxygen atoms in total. The average molecular weight is 418 g/mol. The second kappa shape index (κ2) is 11.0. The van der Waals surface area contributed by atoms with Crippen LogP contribution in [-0.4, -0.2) is 37.5 Å². The number of benzene rings is 3. The summed E-state index contributed by atoms with van der Waals surface area (Å²) in [6.07, 6.45) is 1.11. The zero-order chi connectivity index (χ0) is 22.1. The van der Waals surface area contributed by atoms with Crippen molar-refractivity contribution in [1.29, 1.82) is 0 Å². The van der Waals surface area contributed by atoms with Crippen molar-refractivity contribution in [2.45, 2.75) is 6.92 Å². The highest BCUT2D eigenvalue weighted by atomic mass is 16.6. The van der Waals surface area contributed by atoms with Crippen molar-refractivity contribution in [3.63, 3.8) is 0 Å². The molecular weight excluding hydrogens is 392 g/mol. The number of esters is 1. The summed E-state index contributed by atoms with van der Waals surface area (Å²) >= 11 is 0. The second-order valence-electron chi connectivity index (χ2n) is 6.90. The molecule has 0 saturated carbocycles. The third kappa shape index (κ3) is 6.20. The summed E-state index contributed by atoms with van der Waals surface area (Å²) in [4.78, 5) is 11.2. The molecule has 0 unspecified atom stereocenters. The van der Waals surface area contributed by atoms with E-state index in [1.807, 2.05) is 18.2 Å². The van der Waals surface area contributed by atoms with E-state index < -0.39 is 5.97 Å². The predicted octanol–water partition coefficient (Wildman–Crippen LogP) is 4.81. The van der Waals surface area contributed by atoms with Gasteiger partial charge >= 0.3 is 5.97 Å². The molecular formula is C26H26O5. The van der Waals surface area contributed by atoms with Crippen molar-refractivity contribution in [2.75, 3.05) is 26.4 Å². The molecule has 0 spiro atoms. The molecule has 0 saturated heterocycles. The van der Waals surface area contributed by atoms with E-state index in [0.29, 0.717) is 11.5 Å². The Morgan fingerprint density at radius 1 is 0.806 bits per heavy atom. The molecule has 0 amide bonds. The number of rotatable bonds is 10. The van der Waals surface area contributed by atoms with E-state index in [-0.39, 0.29) is 26.4 Å². The minimum Gasteiger partial charge on any atom is -0.487 e. The maximum Gasteiger partial charge on any atom is 0.330 e. The first kappa shape index (κ1) is 22.1. The highest BCUT2D eigenvalue weighted by Crippen LogP contribution is 2.33. The van der Waals surface area contributed by atoms with Crippen LogP contribution in [0.25, 0.3) is 22.3 Å². The number of carbonyl (C=O) groups excluding carboxylic acids is 1. The Bertz CT molecular complexity index is 1010. The van der Waals surface area contributed by atoms with Crippen LogP contribution in [0.2, 0.25) is 0 Å². The fourth-order valence-corrected chi connectivity index (χ4v) is 3.03. The highest BCUT2D eigenvalue weighted by Gasteiger charge is 2.09. The van der Waals surface area contributed by atoms with Crippen molar-refractivity contribution in [3.05, 3.63) is 84.9 Å². The highest BCUT2D eigenvalue weighted by molar-refractivity contribution is 5.81. The van der Waals surface area contributed by atoms with Crippen LogP contribution in [0.4, 0.5) is 0 Å². The Morgan fingerprint density at radius 3 is 1.97 bits per heavy atom.